The first-order chi connectivity index (χ1) is 66.8. The highest BCUT2D eigenvalue weighted by molar-refractivity contribution is 9.08. The Kier molecular flexibility index (Phi) is 40.9. The first-order valence-corrected chi connectivity index (χ1v) is 50.4. The number of nitrogens with one attached hydrogen (secondary N) is 3. The monoisotopic (exact) mass is 2110 g/mol. The van der Waals surface area contributed by atoms with Crippen molar-refractivity contribution in [1.29, 1.82) is 0 Å². The Labute approximate surface area is 873 Å². The molecule has 5 aromatic heterocycles. The minimum absolute atomic E-state index is 0. The van der Waals surface area contributed by atoms with E-state index in [0.717, 1.165) is 176 Å². The van der Waals surface area contributed by atoms with Crippen molar-refractivity contribution in [2.24, 2.45) is 4.99 Å². The van der Waals surface area contributed by atoms with Crippen LogP contribution < -0.4 is 34.2 Å². The summed E-state index contributed by atoms with van der Waals surface area (Å²) in [6, 6.07) is 93.3. The molecule has 0 saturated heterocycles. The molecule has 0 aliphatic rings. The van der Waals surface area contributed by atoms with Crippen molar-refractivity contribution in [3.8, 4) is 0 Å². The standard InChI is InChI=1S/C24H21Cl2N2O.2C19H19Cl2N3.C14H11BrO.C13H12N2.C12H15Cl2N2.C10H10Cl2N2.CH4/c1-3-27-16(2)28(23-14-21(26)20(25)13-22(23)27)15-17-9-11-19(12-10-17)24(29)18-7-5-4-6-8-18;2*1-3-23-17-12-15(20)16(21)13-18(17)24(4-2)19(23)10-11-22-14-8-6-5-7-9-14;15-10-11-6-8-13(9-7-11)14(16)12-4-2-1-3-5-12;1-3-7-12(8-4-1)14-11-15-13-9-5-2-6-10-13;1-4-15-8(3)16(5-2)12-7-10(14)9(13)6-11(12)15;1-3-14-6(2)13-9-4-7(11)8(12)5-10(9)14;/h4-14H,3,15H2,1-2H3;2*5-13H,3-4H2,1-2H3;1-9H,10H2;1-11H,(H,14,15);6-7H,4-5H2,1-3H3;4-5H,3H2,1-2H3;1H4/q+1;;;;;+1;;/p+2. The van der Waals surface area contributed by atoms with Gasteiger partial charge in [0.15, 0.2) is 55.7 Å². The zero-order valence-corrected chi connectivity index (χ0v) is 87.7. The number of aromatic nitrogens is 10. The minimum atomic E-state index is 0. The van der Waals surface area contributed by atoms with Crippen LogP contribution in [0, 0.1) is 20.8 Å². The number of carbonyl (C=O) groups excluding carboxylic acids is 2. The molecule has 0 radical (unpaired) electrons. The van der Waals surface area contributed by atoms with Crippen molar-refractivity contribution < 1.29 is 27.9 Å². The molecule has 3 N–H and O–H groups in total. The molecule has 0 amide bonds. The predicted molar refractivity (Wildman–Crippen MR) is 592 cm³/mol. The zero-order chi connectivity index (χ0) is 98.6. The van der Waals surface area contributed by atoms with Gasteiger partial charge in [-0.3, -0.25) is 9.59 Å². The van der Waals surface area contributed by atoms with Crippen LogP contribution in [0.3, 0.4) is 0 Å². The summed E-state index contributed by atoms with van der Waals surface area (Å²) in [5.74, 6) is 5.67. The van der Waals surface area contributed by atoms with Gasteiger partial charge in [-0.25, -0.2) is 46.5 Å². The fourth-order valence-electron chi connectivity index (χ4n) is 16.3. The average molecular weight is 2120 g/mol. The molecule has 0 aliphatic heterocycles. The van der Waals surface area contributed by atoms with E-state index in [1.54, 1.807) is 12.4 Å². The third-order valence-electron chi connectivity index (χ3n) is 23.1. The van der Waals surface area contributed by atoms with Crippen LogP contribution in [-0.4, -0.2) is 45.7 Å². The van der Waals surface area contributed by atoms with Crippen LogP contribution in [0.2, 0.25) is 50.2 Å². The normalized spacial score (nSPS) is 11.0. The molecule has 0 aliphatic carbocycles. The summed E-state index contributed by atoms with van der Waals surface area (Å²) in [4.78, 5) is 33.3. The number of aliphatic imine (C=N–C) groups is 1. The van der Waals surface area contributed by atoms with Crippen LogP contribution in [-0.2, 0) is 64.2 Å². The Balaban J connectivity index is 0.000000158. The number of anilines is 3. The maximum atomic E-state index is 12.6. The average Bonchev–Trinajstić information content (AvgIpc) is 1.69. The number of benzene rings is 13. The Morgan fingerprint density at radius 1 is 0.338 bits per heavy atom. The fraction of sp³-hybridized carbons (Fsp3) is 0.196. The molecule has 139 heavy (non-hydrogen) atoms. The number of para-hydroxylation sites is 4. The van der Waals surface area contributed by atoms with E-state index >= 15 is 0 Å². The largest absolute Gasteiger partial charge is 0.361 e. The highest BCUT2D eigenvalue weighted by Crippen LogP contribution is 2.34. The summed E-state index contributed by atoms with van der Waals surface area (Å²) in [6.07, 6.45) is 9.80. The van der Waals surface area contributed by atoms with Crippen LogP contribution in [0.4, 0.5) is 22.7 Å². The topological polar surface area (TPSA) is 136 Å². The van der Waals surface area contributed by atoms with Gasteiger partial charge in [-0.15, -0.1) is 0 Å². The van der Waals surface area contributed by atoms with Crippen LogP contribution in [0.5, 0.6) is 0 Å². The lowest BCUT2D eigenvalue weighted by Crippen LogP contribution is -2.37. The lowest BCUT2D eigenvalue weighted by Gasteiger charge is -2.05. The Morgan fingerprint density at radius 3 is 0.993 bits per heavy atom. The number of carbonyl (C=O) groups is 2. The van der Waals surface area contributed by atoms with Gasteiger partial charge in [0.05, 0.1) is 119 Å². The number of fused-ring (bicyclic) bond motifs is 5. The van der Waals surface area contributed by atoms with E-state index in [4.69, 9.17) is 116 Å². The van der Waals surface area contributed by atoms with E-state index in [9.17, 15) is 9.59 Å². The maximum absolute atomic E-state index is 12.6. The number of alkyl halides is 1. The Hall–Kier alpha value is -11.5. The number of ketones is 2. The molecule has 18 aromatic rings. The van der Waals surface area contributed by atoms with Gasteiger partial charge < -0.3 is 20.5 Å². The van der Waals surface area contributed by atoms with Crippen molar-refractivity contribution in [3.63, 3.8) is 0 Å². The van der Waals surface area contributed by atoms with Gasteiger partial charge in [-0.2, -0.15) is 0 Å². The second-order valence-corrected chi connectivity index (χ2v) is 36.1. The molecule has 0 unspecified atom stereocenters. The first-order valence-electron chi connectivity index (χ1n) is 45.5. The molecule has 16 nitrogen and oxygen atoms in total. The fourth-order valence-corrected chi connectivity index (χ4v) is 18.2. The summed E-state index contributed by atoms with van der Waals surface area (Å²) >= 11 is 64.8. The lowest BCUT2D eigenvalue weighted by atomic mass is 10.0. The molecule has 18 rings (SSSR count). The number of hydrogen-bond donors (Lipinski definition) is 3. The highest BCUT2D eigenvalue weighted by Gasteiger charge is 2.28. The van der Waals surface area contributed by atoms with Gasteiger partial charge in [0, 0.05) is 138 Å². The van der Waals surface area contributed by atoms with Crippen molar-refractivity contribution in [1.82, 2.24) is 27.8 Å². The van der Waals surface area contributed by atoms with Gasteiger partial charge in [-0.1, -0.05) is 321 Å². The lowest BCUT2D eigenvalue weighted by molar-refractivity contribution is -0.675. The van der Waals surface area contributed by atoms with E-state index in [1.807, 2.05) is 304 Å². The van der Waals surface area contributed by atoms with E-state index in [1.165, 1.54) is 11.4 Å². The summed E-state index contributed by atoms with van der Waals surface area (Å²) in [5, 5.41) is 16.3. The second kappa shape index (κ2) is 52.7. The molecule has 13 aromatic carbocycles. The van der Waals surface area contributed by atoms with Crippen LogP contribution in [0.15, 0.2) is 309 Å². The van der Waals surface area contributed by atoms with Gasteiger partial charge in [0.2, 0.25) is 0 Å². The maximum Gasteiger partial charge on any atom is 0.283 e. The number of aryl methyl sites for hydroxylation is 9. The van der Waals surface area contributed by atoms with Gasteiger partial charge >= 0.3 is 0 Å². The quantitative estimate of drug-likeness (QED) is 0.0181. The number of nitrogens with zero attached hydrogens (tertiary/aromatic N) is 11. The summed E-state index contributed by atoms with van der Waals surface area (Å²) in [5.41, 5.74) is 19.9. The molecule has 27 heteroatoms. The number of halogens is 11. The van der Waals surface area contributed by atoms with Crippen LogP contribution in [0.25, 0.3) is 67.3 Å². The van der Waals surface area contributed by atoms with Crippen molar-refractivity contribution in [2.45, 2.75) is 148 Å². The smallest absolute Gasteiger partial charge is 0.283 e. The van der Waals surface area contributed by atoms with E-state index in [0.29, 0.717) is 67.9 Å². The van der Waals surface area contributed by atoms with Crippen molar-refractivity contribution >= 4 is 240 Å². The van der Waals surface area contributed by atoms with E-state index < -0.39 is 0 Å². The molecule has 0 fully saturated rings. The summed E-state index contributed by atoms with van der Waals surface area (Å²) < 4.78 is 20.0. The van der Waals surface area contributed by atoms with Crippen molar-refractivity contribution in [2.75, 3.05) is 16.0 Å². The molecule has 0 spiro atoms. The molecule has 716 valence electrons. The van der Waals surface area contributed by atoms with Crippen molar-refractivity contribution in [3.05, 3.63) is 416 Å². The molecular formula is C112H113BrCl10N14O2+4. The molecular weight excluding hydrogens is 2010 g/mol. The minimum Gasteiger partial charge on any atom is -0.361 e. The van der Waals surface area contributed by atoms with Gasteiger partial charge in [0.25, 0.3) is 23.3 Å². The summed E-state index contributed by atoms with van der Waals surface area (Å²) in [6.45, 7) is 30.9. The highest BCUT2D eigenvalue weighted by atomic mass is 79.9. The Bertz CT molecular complexity index is 6990. The first kappa shape index (κ1) is 108. The molecule has 5 heterocycles. The number of rotatable bonds is 24. The van der Waals surface area contributed by atoms with Crippen LogP contribution >= 0.6 is 132 Å². The second-order valence-electron chi connectivity index (χ2n) is 31.5. The molecule has 0 bridgehead atoms. The number of imidazole rings is 5. The predicted octanol–water partition coefficient (Wildman–Crippen LogP) is 31.7. The van der Waals surface area contributed by atoms with Gasteiger partial charge in [-0.05, 0) is 134 Å². The Morgan fingerprint density at radius 2 is 0.633 bits per heavy atom. The van der Waals surface area contributed by atoms with E-state index in [-0.39, 0.29) is 19.0 Å². The van der Waals surface area contributed by atoms with E-state index in [2.05, 4.69) is 164 Å². The third-order valence-corrected chi connectivity index (χ3v) is 27.3. The van der Waals surface area contributed by atoms with Gasteiger partial charge in [0.1, 0.15) is 12.4 Å². The third kappa shape index (κ3) is 27.2. The SMILES string of the molecule is C.C(=Nc1ccccc1)Nc1ccccc1.CCn1c(/C=C/Nc2ccccc2)[n+](CC)c2cc(Cl)c(Cl)cc21.CCn1c(/C=C/Nc2ccccc2)[n+](CC)c2cc(Cl)c(Cl)cc21.CCn1c(C)[n+](CC)c2cc(Cl)c(Cl)cc21.CCn1c(C)[n+](Cc2ccc(C(=O)c3ccccc3)cc2)c2cc(Cl)c(Cl)cc21.CCn1c(C)nc2cc(Cl)c(Cl)cc21.O=C(c1ccccc1)c1ccc(CBr)cc1. The molecule has 0 atom stereocenters. The summed E-state index contributed by atoms with van der Waals surface area (Å²) in [7, 11) is 0. The van der Waals surface area contributed by atoms with Crippen LogP contribution in [0.1, 0.15) is 135 Å². The molecule has 0 saturated carbocycles. The number of hydrogen-bond acceptors (Lipinski definition) is 6. The zero-order valence-electron chi connectivity index (χ0n) is 78.6.